The van der Waals surface area contributed by atoms with Gasteiger partial charge in [-0.3, -0.25) is 0 Å². The number of rotatable bonds is 6. The molecule has 1 aliphatic rings. The lowest BCUT2D eigenvalue weighted by molar-refractivity contribution is 0.620. The molecule has 54 heavy (non-hydrogen) atoms. The molecule has 9 aromatic rings. The van der Waals surface area contributed by atoms with Gasteiger partial charge >= 0.3 is 0 Å². The monoisotopic (exact) mass is 692 g/mol. The van der Waals surface area contributed by atoms with Gasteiger partial charge in [0.05, 0.1) is 0 Å². The zero-order valence-corrected chi connectivity index (χ0v) is 30.6. The van der Waals surface area contributed by atoms with Crippen LogP contribution in [0.15, 0.2) is 186 Å². The maximum absolute atomic E-state index is 6.59. The fraction of sp³-hybridized carbons (Fsp3) is 0.0943. The van der Waals surface area contributed by atoms with E-state index in [9.17, 15) is 0 Å². The molecule has 0 amide bonds. The van der Waals surface area contributed by atoms with E-state index in [-0.39, 0.29) is 11.8 Å². The molecule has 1 aromatic heterocycles. The van der Waals surface area contributed by atoms with Crippen molar-refractivity contribution in [3.05, 3.63) is 215 Å². The number of hydrogen-bond acceptors (Lipinski definition) is 1. The van der Waals surface area contributed by atoms with Gasteiger partial charge in [0.25, 0.3) is 0 Å². The van der Waals surface area contributed by atoms with Crippen LogP contribution in [0.25, 0.3) is 66.4 Å². The average molecular weight is 693 g/mol. The first-order chi connectivity index (χ1) is 26.6. The van der Waals surface area contributed by atoms with Gasteiger partial charge in [0.15, 0.2) is 0 Å². The van der Waals surface area contributed by atoms with E-state index < -0.39 is 0 Å². The molecule has 1 aliphatic carbocycles. The van der Waals surface area contributed by atoms with Crippen LogP contribution in [-0.4, -0.2) is 0 Å². The van der Waals surface area contributed by atoms with Crippen molar-refractivity contribution in [2.45, 2.75) is 32.1 Å². The van der Waals surface area contributed by atoms with E-state index in [1.54, 1.807) is 0 Å². The molecule has 0 N–H and O–H groups in total. The average Bonchev–Trinajstić information content (AvgIpc) is 3.61. The smallest absolute Gasteiger partial charge is 0.139 e. The van der Waals surface area contributed by atoms with Crippen LogP contribution in [-0.2, 0) is 6.42 Å². The fourth-order valence-corrected chi connectivity index (χ4v) is 9.02. The molecule has 1 heterocycles. The number of aryl methyl sites for hydroxylation is 1. The third-order valence-corrected chi connectivity index (χ3v) is 11.7. The minimum atomic E-state index is 0.180. The largest absolute Gasteiger partial charge is 0.456 e. The molecule has 0 saturated heterocycles. The first-order valence-corrected chi connectivity index (χ1v) is 19.1. The summed E-state index contributed by atoms with van der Waals surface area (Å²) in [4.78, 5) is 0. The van der Waals surface area contributed by atoms with Crippen molar-refractivity contribution in [3.8, 4) is 44.5 Å². The highest BCUT2D eigenvalue weighted by molar-refractivity contribution is 6.06. The normalized spacial score (nSPS) is 14.9. The van der Waals surface area contributed by atoms with Gasteiger partial charge in [0, 0.05) is 22.3 Å². The second-order valence-electron chi connectivity index (χ2n) is 14.9. The van der Waals surface area contributed by atoms with Crippen LogP contribution < -0.4 is 0 Å². The molecule has 1 heteroatoms. The van der Waals surface area contributed by atoms with Crippen LogP contribution in [0.5, 0.6) is 0 Å². The molecular formula is C53H40O. The molecule has 0 radical (unpaired) electrons. The molecule has 0 aliphatic heterocycles. The predicted molar refractivity (Wildman–Crippen MR) is 226 cm³/mol. The Bertz CT molecular complexity index is 2840. The van der Waals surface area contributed by atoms with Crippen molar-refractivity contribution >= 4 is 21.9 Å². The van der Waals surface area contributed by atoms with Gasteiger partial charge in [-0.05, 0) is 110 Å². The van der Waals surface area contributed by atoms with E-state index >= 15 is 0 Å². The summed E-state index contributed by atoms with van der Waals surface area (Å²) in [6, 6.07) is 66.7. The summed E-state index contributed by atoms with van der Waals surface area (Å²) in [6.45, 7) is 4.62. The van der Waals surface area contributed by atoms with Gasteiger partial charge in [0.2, 0.25) is 0 Å². The summed E-state index contributed by atoms with van der Waals surface area (Å²) in [5.41, 5.74) is 20.1. The molecular weight excluding hydrogens is 653 g/mol. The summed E-state index contributed by atoms with van der Waals surface area (Å²) < 4.78 is 6.59. The van der Waals surface area contributed by atoms with E-state index in [0.29, 0.717) is 0 Å². The van der Waals surface area contributed by atoms with Gasteiger partial charge in [0.1, 0.15) is 11.2 Å². The van der Waals surface area contributed by atoms with Crippen molar-refractivity contribution < 1.29 is 4.42 Å². The lowest BCUT2D eigenvalue weighted by Crippen LogP contribution is -2.17. The molecule has 0 fully saturated rings. The molecule has 8 aromatic carbocycles. The lowest BCUT2D eigenvalue weighted by atomic mass is 9.69. The first-order valence-electron chi connectivity index (χ1n) is 19.1. The Morgan fingerprint density at radius 3 is 1.98 bits per heavy atom. The van der Waals surface area contributed by atoms with E-state index in [2.05, 4.69) is 196 Å². The molecule has 258 valence electrons. The molecule has 0 saturated carbocycles. The van der Waals surface area contributed by atoms with Crippen LogP contribution in [0.3, 0.4) is 0 Å². The SMILES string of the molecule is Cc1ccc(-c2ccc3c(c2)-c2ccccc2C(c2cccc4c2oc2ccccc24)[C@H]3C)cc1-c1ccccc1Cc1cccc(-c2ccccc2)c1. The zero-order chi connectivity index (χ0) is 36.2. The maximum Gasteiger partial charge on any atom is 0.139 e. The molecule has 10 rings (SSSR count). The number of benzene rings is 8. The Kier molecular flexibility index (Phi) is 7.88. The third kappa shape index (κ3) is 5.47. The second kappa shape index (κ2) is 13.2. The van der Waals surface area contributed by atoms with E-state index in [1.165, 1.54) is 88.7 Å². The van der Waals surface area contributed by atoms with Gasteiger partial charge < -0.3 is 4.42 Å². The number of para-hydroxylation sites is 2. The summed E-state index contributed by atoms with van der Waals surface area (Å²) in [5.74, 6) is 0.447. The molecule has 1 unspecified atom stereocenters. The van der Waals surface area contributed by atoms with Crippen LogP contribution in [0.2, 0.25) is 0 Å². The zero-order valence-electron chi connectivity index (χ0n) is 30.6. The Morgan fingerprint density at radius 2 is 1.09 bits per heavy atom. The summed E-state index contributed by atoms with van der Waals surface area (Å²) in [6.07, 6.45) is 0.872. The highest BCUT2D eigenvalue weighted by Crippen LogP contribution is 2.52. The van der Waals surface area contributed by atoms with Gasteiger partial charge in [-0.1, -0.05) is 171 Å². The minimum absolute atomic E-state index is 0.180. The molecule has 0 bridgehead atoms. The number of fused-ring (bicyclic) bond motifs is 6. The highest BCUT2D eigenvalue weighted by atomic mass is 16.3. The standard InChI is InChI=1S/C53H40O/c1-34-26-27-39(32-49(34)43-19-7-6-17-41(43)31-36-14-12-18-38(30-36)37-15-4-3-5-16-37)40-28-29-42-35(2)52(46-22-9-8-20-44(46)50(42)33-40)48-24-13-23-47-45-21-10-11-25-51(45)54-53(47)48/h3-30,32-33,35,52H,31H2,1-2H3/t35-,52?/m0/s1. The quantitative estimate of drug-likeness (QED) is 0.169. The van der Waals surface area contributed by atoms with Crippen molar-refractivity contribution in [1.82, 2.24) is 0 Å². The predicted octanol–water partition coefficient (Wildman–Crippen LogP) is 14.4. The molecule has 1 nitrogen and oxygen atoms in total. The van der Waals surface area contributed by atoms with Crippen LogP contribution in [0.4, 0.5) is 0 Å². The Morgan fingerprint density at radius 1 is 0.444 bits per heavy atom. The Balaban J connectivity index is 1.02. The summed E-state index contributed by atoms with van der Waals surface area (Å²) in [7, 11) is 0. The Labute approximate surface area is 317 Å². The first kappa shape index (κ1) is 32.2. The van der Waals surface area contributed by atoms with Gasteiger partial charge in [-0.25, -0.2) is 0 Å². The minimum Gasteiger partial charge on any atom is -0.456 e. The fourth-order valence-electron chi connectivity index (χ4n) is 9.02. The number of furan rings is 1. The van der Waals surface area contributed by atoms with Gasteiger partial charge in [-0.2, -0.15) is 0 Å². The second-order valence-corrected chi connectivity index (χ2v) is 14.9. The summed E-state index contributed by atoms with van der Waals surface area (Å²) in [5, 5.41) is 2.36. The van der Waals surface area contributed by atoms with Gasteiger partial charge in [-0.15, -0.1) is 0 Å². The maximum atomic E-state index is 6.59. The highest BCUT2D eigenvalue weighted by Gasteiger charge is 2.34. The van der Waals surface area contributed by atoms with E-state index in [1.807, 2.05) is 0 Å². The van der Waals surface area contributed by atoms with Crippen molar-refractivity contribution in [2.24, 2.45) is 0 Å². The van der Waals surface area contributed by atoms with Crippen LogP contribution >= 0.6 is 0 Å². The lowest BCUT2D eigenvalue weighted by Gasteiger charge is -2.34. The van der Waals surface area contributed by atoms with Crippen molar-refractivity contribution in [1.29, 1.82) is 0 Å². The molecule has 2 atom stereocenters. The van der Waals surface area contributed by atoms with Crippen LogP contribution in [0.1, 0.15) is 52.1 Å². The van der Waals surface area contributed by atoms with E-state index in [4.69, 9.17) is 4.42 Å². The number of hydrogen-bond donors (Lipinski definition) is 0. The van der Waals surface area contributed by atoms with Crippen LogP contribution in [0, 0.1) is 6.92 Å². The van der Waals surface area contributed by atoms with Crippen molar-refractivity contribution in [2.75, 3.05) is 0 Å². The Hall–Kier alpha value is -6.44. The van der Waals surface area contributed by atoms with E-state index in [0.717, 1.165) is 17.6 Å². The topological polar surface area (TPSA) is 13.1 Å². The third-order valence-electron chi connectivity index (χ3n) is 11.7. The summed E-state index contributed by atoms with van der Waals surface area (Å²) >= 11 is 0. The van der Waals surface area contributed by atoms with Crippen molar-refractivity contribution in [3.63, 3.8) is 0 Å². The molecule has 0 spiro atoms.